The molecule has 1 heterocycles. The van der Waals surface area contributed by atoms with Crippen molar-refractivity contribution in [2.75, 3.05) is 21.5 Å². The Hall–Kier alpha value is -3.81. The molecule has 0 aliphatic carbocycles. The van der Waals surface area contributed by atoms with E-state index in [1.165, 1.54) is 23.4 Å². The minimum atomic E-state index is -3.82. The van der Waals surface area contributed by atoms with E-state index in [9.17, 15) is 13.2 Å². The van der Waals surface area contributed by atoms with E-state index in [4.69, 9.17) is 11.6 Å². The molecule has 0 bridgehead atoms. The second-order valence-corrected chi connectivity index (χ2v) is 11.0. The van der Waals surface area contributed by atoms with Gasteiger partial charge in [-0.1, -0.05) is 54.1 Å². The van der Waals surface area contributed by atoms with Crippen LogP contribution in [0.3, 0.4) is 0 Å². The number of hydrogen-bond donors (Lipinski definition) is 2. The number of anilines is 3. The van der Waals surface area contributed by atoms with E-state index in [-0.39, 0.29) is 10.8 Å². The van der Waals surface area contributed by atoms with E-state index in [1.807, 2.05) is 24.3 Å². The van der Waals surface area contributed by atoms with Crippen molar-refractivity contribution in [3.05, 3.63) is 119 Å². The van der Waals surface area contributed by atoms with Gasteiger partial charge < -0.3 is 10.2 Å². The van der Waals surface area contributed by atoms with Crippen LogP contribution in [0.4, 0.5) is 17.1 Å². The third kappa shape index (κ3) is 5.79. The molecule has 0 unspecified atom stereocenters. The van der Waals surface area contributed by atoms with Crippen LogP contribution >= 0.6 is 11.6 Å². The molecule has 0 spiro atoms. The summed E-state index contributed by atoms with van der Waals surface area (Å²) < 4.78 is 27.9. The zero-order valence-corrected chi connectivity index (χ0v) is 21.6. The lowest BCUT2D eigenvalue weighted by atomic mass is 10.0. The molecular weight excluding hydrogens is 506 g/mol. The highest BCUT2D eigenvalue weighted by molar-refractivity contribution is 7.92. The molecule has 0 saturated carbocycles. The van der Waals surface area contributed by atoms with Gasteiger partial charge in [0, 0.05) is 30.0 Å². The van der Waals surface area contributed by atoms with Gasteiger partial charge >= 0.3 is 0 Å². The lowest BCUT2D eigenvalue weighted by Crippen LogP contribution is -2.28. The summed E-state index contributed by atoms with van der Waals surface area (Å²) in [6.45, 7) is 1.80. The van der Waals surface area contributed by atoms with Crippen LogP contribution in [-0.2, 0) is 23.0 Å². The van der Waals surface area contributed by atoms with Gasteiger partial charge in [-0.05, 0) is 78.6 Å². The van der Waals surface area contributed by atoms with Crippen molar-refractivity contribution in [1.29, 1.82) is 0 Å². The van der Waals surface area contributed by atoms with Crippen LogP contribution in [0.5, 0.6) is 0 Å². The van der Waals surface area contributed by atoms with E-state index >= 15 is 0 Å². The number of carbonyl (C=O) groups excluding carboxylic acids is 1. The topological polar surface area (TPSA) is 78.5 Å². The molecular formula is C29H26ClN3O3S. The van der Waals surface area contributed by atoms with Crippen molar-refractivity contribution < 1.29 is 13.2 Å². The maximum Gasteiger partial charge on any atom is 0.261 e. The molecule has 6 nitrogen and oxygen atoms in total. The molecule has 0 radical (unpaired) electrons. The smallest absolute Gasteiger partial charge is 0.261 e. The zero-order chi connectivity index (χ0) is 25.8. The first-order valence-corrected chi connectivity index (χ1v) is 13.9. The Morgan fingerprint density at radius 1 is 0.865 bits per heavy atom. The number of rotatable bonds is 7. The predicted octanol–water partition coefficient (Wildman–Crippen LogP) is 6.35. The van der Waals surface area contributed by atoms with Gasteiger partial charge in [0.25, 0.3) is 15.9 Å². The van der Waals surface area contributed by atoms with Crippen molar-refractivity contribution >= 4 is 44.6 Å². The average molecular weight is 532 g/mol. The van der Waals surface area contributed by atoms with Gasteiger partial charge in [0.15, 0.2) is 0 Å². The van der Waals surface area contributed by atoms with E-state index < -0.39 is 10.0 Å². The molecule has 4 aromatic rings. The zero-order valence-electron chi connectivity index (χ0n) is 20.0. The highest BCUT2D eigenvalue weighted by Crippen LogP contribution is 2.28. The van der Waals surface area contributed by atoms with E-state index in [2.05, 4.69) is 39.2 Å². The van der Waals surface area contributed by atoms with Gasteiger partial charge in [0.1, 0.15) is 0 Å². The average Bonchev–Trinajstić information content (AvgIpc) is 2.91. The summed E-state index contributed by atoms with van der Waals surface area (Å²) >= 11 is 6.06. The third-order valence-corrected chi connectivity index (χ3v) is 8.05. The van der Waals surface area contributed by atoms with Crippen LogP contribution in [-0.4, -0.2) is 20.9 Å². The predicted molar refractivity (Wildman–Crippen MR) is 149 cm³/mol. The normalized spacial score (nSPS) is 13.1. The standard InChI is InChI=1S/C29H26ClN3O3S/c30-26-8-2-3-9-27(26)32-37(35,36)25-17-15-24(16-18-25)31-29(34)23-13-11-21(12-14-23)20-33-19-5-7-22-6-1-4-10-28(22)33/h1-4,6,8-18,32H,5,7,19-20H2,(H,31,34). The first-order valence-electron chi connectivity index (χ1n) is 12.0. The quantitative estimate of drug-likeness (QED) is 0.291. The van der Waals surface area contributed by atoms with Crippen molar-refractivity contribution in [3.8, 4) is 0 Å². The number of sulfonamides is 1. The van der Waals surface area contributed by atoms with Crippen LogP contribution in [0.15, 0.2) is 102 Å². The Bertz CT molecular complexity index is 1520. The highest BCUT2D eigenvalue weighted by Gasteiger charge is 2.18. The number of carbonyl (C=O) groups is 1. The van der Waals surface area contributed by atoms with E-state index in [1.54, 1.807) is 36.4 Å². The van der Waals surface area contributed by atoms with Gasteiger partial charge in [0.05, 0.1) is 15.6 Å². The SMILES string of the molecule is O=C(Nc1ccc(S(=O)(=O)Nc2ccccc2Cl)cc1)c1ccc(CN2CCCc3ccccc32)cc1. The number of aryl methyl sites for hydroxylation is 1. The molecule has 2 N–H and O–H groups in total. The summed E-state index contributed by atoms with van der Waals surface area (Å²) in [4.78, 5) is 15.2. The second kappa shape index (κ2) is 10.7. The molecule has 8 heteroatoms. The Morgan fingerprint density at radius 2 is 1.57 bits per heavy atom. The molecule has 188 valence electrons. The minimum absolute atomic E-state index is 0.0639. The first-order chi connectivity index (χ1) is 17.9. The lowest BCUT2D eigenvalue weighted by Gasteiger charge is -2.31. The van der Waals surface area contributed by atoms with Crippen LogP contribution in [0.25, 0.3) is 0 Å². The maximum absolute atomic E-state index is 12.8. The molecule has 1 amide bonds. The van der Waals surface area contributed by atoms with Gasteiger partial charge in [-0.15, -0.1) is 0 Å². The Morgan fingerprint density at radius 3 is 2.32 bits per heavy atom. The highest BCUT2D eigenvalue weighted by atomic mass is 35.5. The number of para-hydroxylation sites is 2. The number of nitrogens with zero attached hydrogens (tertiary/aromatic N) is 1. The number of benzene rings is 4. The largest absolute Gasteiger partial charge is 0.367 e. The molecule has 0 atom stereocenters. The fraction of sp³-hybridized carbons (Fsp3) is 0.138. The van der Waals surface area contributed by atoms with Crippen molar-refractivity contribution in [3.63, 3.8) is 0 Å². The summed E-state index contributed by atoms with van der Waals surface area (Å²) in [6.07, 6.45) is 2.24. The molecule has 37 heavy (non-hydrogen) atoms. The van der Waals surface area contributed by atoms with Crippen molar-refractivity contribution in [1.82, 2.24) is 0 Å². The Balaban J connectivity index is 1.21. The molecule has 1 aliphatic rings. The molecule has 0 aromatic heterocycles. The molecule has 5 rings (SSSR count). The van der Waals surface area contributed by atoms with E-state index in [0.717, 1.165) is 31.5 Å². The Labute approximate surface area is 222 Å². The van der Waals surface area contributed by atoms with Crippen molar-refractivity contribution in [2.24, 2.45) is 0 Å². The third-order valence-electron chi connectivity index (χ3n) is 6.34. The van der Waals surface area contributed by atoms with Crippen LogP contribution in [0.1, 0.15) is 27.9 Å². The van der Waals surface area contributed by atoms with Crippen LogP contribution in [0, 0.1) is 0 Å². The summed E-state index contributed by atoms with van der Waals surface area (Å²) in [7, 11) is -3.82. The molecule has 4 aromatic carbocycles. The number of nitrogens with one attached hydrogen (secondary N) is 2. The second-order valence-electron chi connectivity index (χ2n) is 8.91. The number of hydrogen-bond acceptors (Lipinski definition) is 4. The maximum atomic E-state index is 12.8. The summed E-state index contributed by atoms with van der Waals surface area (Å²) in [6, 6.07) is 28.7. The molecule has 0 fully saturated rings. The van der Waals surface area contributed by atoms with Gasteiger partial charge in [0.2, 0.25) is 0 Å². The molecule has 1 aliphatic heterocycles. The number of halogens is 1. The lowest BCUT2D eigenvalue weighted by molar-refractivity contribution is 0.102. The van der Waals surface area contributed by atoms with Crippen LogP contribution < -0.4 is 14.9 Å². The number of amides is 1. The van der Waals surface area contributed by atoms with E-state index in [0.29, 0.717) is 22.0 Å². The van der Waals surface area contributed by atoms with Crippen molar-refractivity contribution in [2.45, 2.75) is 24.3 Å². The fourth-order valence-corrected chi connectivity index (χ4v) is 5.74. The molecule has 0 saturated heterocycles. The monoisotopic (exact) mass is 531 g/mol. The van der Waals surface area contributed by atoms with Gasteiger partial charge in [-0.2, -0.15) is 0 Å². The summed E-state index contributed by atoms with van der Waals surface area (Å²) in [5, 5.41) is 3.13. The first kappa shape index (κ1) is 24.9. The fourth-order valence-electron chi connectivity index (χ4n) is 4.43. The van der Waals surface area contributed by atoms with Gasteiger partial charge in [-0.25, -0.2) is 8.42 Å². The number of fused-ring (bicyclic) bond motifs is 1. The Kier molecular flexibility index (Phi) is 7.17. The van der Waals surface area contributed by atoms with Gasteiger partial charge in [-0.3, -0.25) is 9.52 Å². The summed E-state index contributed by atoms with van der Waals surface area (Å²) in [5.74, 6) is -0.264. The minimum Gasteiger partial charge on any atom is -0.367 e. The van der Waals surface area contributed by atoms with Crippen LogP contribution in [0.2, 0.25) is 5.02 Å². The summed E-state index contributed by atoms with van der Waals surface area (Å²) in [5.41, 5.74) is 5.12.